The number of fused-ring (bicyclic) bond motifs is 2. The summed E-state index contributed by atoms with van der Waals surface area (Å²) in [5.41, 5.74) is 19.3. The number of thiophene rings is 2. The summed E-state index contributed by atoms with van der Waals surface area (Å²) in [6.45, 7) is 1.98. The Hall–Kier alpha value is -8.96. The minimum absolute atomic E-state index is 0.278. The number of carbonyl (C=O) groups excluding carboxylic acids is 2. The number of amides is 2. The lowest BCUT2D eigenvalue weighted by Gasteiger charge is -2.01. The first-order valence-corrected chi connectivity index (χ1v) is 24.9. The zero-order chi connectivity index (χ0) is 48.4. The van der Waals surface area contributed by atoms with Crippen LogP contribution in [0.3, 0.4) is 0 Å². The monoisotopic (exact) mass is 1010 g/mol. The highest BCUT2D eigenvalue weighted by Gasteiger charge is 2.19. The molecule has 2 amide bonds. The van der Waals surface area contributed by atoms with Crippen LogP contribution in [-0.4, -0.2) is 60.1 Å². The Morgan fingerprint density at radius 1 is 0.535 bits per heavy atom. The topological polar surface area (TPSA) is 230 Å². The van der Waals surface area contributed by atoms with Gasteiger partial charge in [-0.2, -0.15) is 0 Å². The average molecular weight is 1010 g/mol. The maximum Gasteiger partial charge on any atom is 0.267 e. The van der Waals surface area contributed by atoms with Crippen LogP contribution >= 0.6 is 45.3 Å². The summed E-state index contributed by atoms with van der Waals surface area (Å²) in [6, 6.07) is 38.2. The normalized spacial score (nSPS) is 11.1. The van der Waals surface area contributed by atoms with E-state index in [0.717, 1.165) is 69.8 Å². The zero-order valence-corrected chi connectivity index (χ0v) is 40.4. The summed E-state index contributed by atoms with van der Waals surface area (Å²) in [5, 5.41) is 24.1. The molecule has 0 saturated carbocycles. The highest BCUT2D eigenvalue weighted by molar-refractivity contribution is 7.21. The molecule has 0 spiro atoms. The fraction of sp³-hybridized carbons (Fsp3) is 0.0204. The van der Waals surface area contributed by atoms with E-state index in [2.05, 4.69) is 51.4 Å². The van der Waals surface area contributed by atoms with Crippen molar-refractivity contribution < 1.29 is 9.59 Å². The molecule has 18 nitrogen and oxygen atoms in total. The summed E-state index contributed by atoms with van der Waals surface area (Å²) in [5.74, 6) is 0.0813. The van der Waals surface area contributed by atoms with E-state index in [1.165, 1.54) is 34.0 Å². The number of aryl methyl sites for hydroxylation is 1. The minimum atomic E-state index is -0.279. The molecule has 71 heavy (non-hydrogen) atoms. The molecule has 0 radical (unpaired) electrons. The highest BCUT2D eigenvalue weighted by atomic mass is 32.1. The number of rotatable bonds is 12. The number of hydrogen-bond donors (Lipinski definition) is 6. The number of para-hydroxylation sites is 2. The SMILES string of the molecule is Cc1nc(Nc2ccc(C(=O)Nc3nn(-c4ccccc4)cc3N)s2)sc1-c1cnc2ccccn12.Nc1cn(-c2ccccc2)nc1NC(=O)c1ccc(Nc2ncc(-c3cnc4ccccn34)s2)s1. The number of imidazole rings is 2. The number of nitrogen functional groups attached to an aromatic ring is 2. The van der Waals surface area contributed by atoms with Crippen LogP contribution in [-0.2, 0) is 0 Å². The third-order valence-electron chi connectivity index (χ3n) is 10.7. The molecule has 0 aliphatic heterocycles. The predicted molar refractivity (Wildman–Crippen MR) is 284 cm³/mol. The van der Waals surface area contributed by atoms with Crippen molar-refractivity contribution in [1.29, 1.82) is 0 Å². The number of anilines is 8. The molecule has 8 N–H and O–H groups in total. The van der Waals surface area contributed by atoms with Crippen molar-refractivity contribution in [3.05, 3.63) is 180 Å². The summed E-state index contributed by atoms with van der Waals surface area (Å²) >= 11 is 5.71. The van der Waals surface area contributed by atoms with E-state index in [4.69, 9.17) is 11.5 Å². The van der Waals surface area contributed by atoms with Crippen molar-refractivity contribution in [2.45, 2.75) is 6.92 Å². The van der Waals surface area contributed by atoms with Gasteiger partial charge in [0.2, 0.25) is 0 Å². The van der Waals surface area contributed by atoms with Gasteiger partial charge in [-0.05, 0) is 79.7 Å². The third kappa shape index (κ3) is 9.45. The standard InChI is InChI=1S/C25H20N8OS2.C24H18N8OS2/c1-15-22(18-13-27-20-9-5-6-12-32(18)20)36-25(28-15)29-21-11-10-19(35-21)24(34)30-23-17(26)14-33(31-23)16-7-3-2-4-8-16;25-16-14-32(15-6-2-1-3-7-15)30-22(16)29-23(33)18-9-10-21(34-18)28-24-27-13-19(35-24)17-12-26-20-8-4-5-11-31(17)20/h2-14H,26H2,1H3,(H,28,29)(H,30,31,34);1-14H,25H2,(H,27,28)(H,29,30,33). The molecule has 350 valence electrons. The summed E-state index contributed by atoms with van der Waals surface area (Å²) < 4.78 is 7.34. The minimum Gasteiger partial charge on any atom is -0.394 e. The van der Waals surface area contributed by atoms with E-state index in [1.807, 2.05) is 156 Å². The van der Waals surface area contributed by atoms with E-state index >= 15 is 0 Å². The number of carbonyl (C=O) groups is 2. The van der Waals surface area contributed by atoms with Gasteiger partial charge in [0, 0.05) is 18.6 Å². The molecule has 0 atom stereocenters. The molecule has 0 fully saturated rings. The van der Waals surface area contributed by atoms with Gasteiger partial charge >= 0.3 is 0 Å². The molecule has 10 aromatic heterocycles. The molecule has 12 rings (SSSR count). The Morgan fingerprint density at radius 2 is 1.04 bits per heavy atom. The summed E-state index contributed by atoms with van der Waals surface area (Å²) in [7, 11) is 0. The molecule has 22 heteroatoms. The van der Waals surface area contributed by atoms with Gasteiger partial charge < -0.3 is 32.7 Å². The maximum absolute atomic E-state index is 12.9. The Labute approximate surface area is 419 Å². The van der Waals surface area contributed by atoms with Crippen LogP contribution in [0.2, 0.25) is 0 Å². The fourth-order valence-corrected chi connectivity index (χ4v) is 10.9. The van der Waals surface area contributed by atoms with Crippen molar-refractivity contribution in [1.82, 2.24) is 48.3 Å². The largest absolute Gasteiger partial charge is 0.394 e. The van der Waals surface area contributed by atoms with Crippen molar-refractivity contribution >= 4 is 112 Å². The molecule has 0 saturated heterocycles. The van der Waals surface area contributed by atoms with Crippen LogP contribution in [0.5, 0.6) is 0 Å². The Morgan fingerprint density at radius 3 is 1.61 bits per heavy atom. The van der Waals surface area contributed by atoms with Crippen LogP contribution in [0.4, 0.5) is 43.3 Å². The van der Waals surface area contributed by atoms with Gasteiger partial charge in [-0.15, -0.1) is 32.9 Å². The first kappa shape index (κ1) is 44.5. The quantitative estimate of drug-likeness (QED) is 0.0671. The van der Waals surface area contributed by atoms with Crippen LogP contribution < -0.4 is 32.7 Å². The van der Waals surface area contributed by atoms with Gasteiger partial charge in [0.1, 0.15) is 11.3 Å². The van der Waals surface area contributed by atoms with Crippen LogP contribution in [0, 0.1) is 6.92 Å². The number of nitrogens with zero attached hydrogens (tertiary/aromatic N) is 10. The van der Waals surface area contributed by atoms with Gasteiger partial charge in [-0.3, -0.25) is 18.4 Å². The van der Waals surface area contributed by atoms with E-state index in [9.17, 15) is 9.59 Å². The predicted octanol–water partition coefficient (Wildman–Crippen LogP) is 10.9. The third-order valence-corrected chi connectivity index (χ3v) is 14.8. The number of aromatic nitrogens is 10. The second kappa shape index (κ2) is 19.2. The zero-order valence-electron chi connectivity index (χ0n) is 37.2. The van der Waals surface area contributed by atoms with E-state index in [1.54, 1.807) is 45.2 Å². The molecule has 0 unspecified atom stereocenters. The first-order valence-electron chi connectivity index (χ1n) is 21.6. The smallest absolute Gasteiger partial charge is 0.267 e. The van der Waals surface area contributed by atoms with Crippen molar-refractivity contribution in [2.24, 2.45) is 0 Å². The number of nitrogens with one attached hydrogen (secondary N) is 4. The van der Waals surface area contributed by atoms with Crippen LogP contribution in [0.1, 0.15) is 25.0 Å². The van der Waals surface area contributed by atoms with Crippen molar-refractivity contribution in [3.63, 3.8) is 0 Å². The maximum atomic E-state index is 12.9. The number of hydrogen-bond acceptors (Lipinski definition) is 16. The van der Waals surface area contributed by atoms with Gasteiger partial charge in [0.05, 0.1) is 94.1 Å². The molecule has 0 aliphatic carbocycles. The average Bonchev–Trinajstić information content (AvgIpc) is 4.26. The van der Waals surface area contributed by atoms with Gasteiger partial charge in [0.25, 0.3) is 11.8 Å². The Bertz CT molecular complexity index is 3840. The second-order valence-electron chi connectivity index (χ2n) is 15.5. The molecule has 10 heterocycles. The number of nitrogens with two attached hydrogens (primary N) is 2. The van der Waals surface area contributed by atoms with E-state index in [-0.39, 0.29) is 11.8 Å². The molecule has 0 aliphatic rings. The highest BCUT2D eigenvalue weighted by Crippen LogP contribution is 2.37. The van der Waals surface area contributed by atoms with Gasteiger partial charge in [0.15, 0.2) is 21.9 Å². The number of benzene rings is 2. The van der Waals surface area contributed by atoms with Crippen molar-refractivity contribution in [3.8, 4) is 32.5 Å². The summed E-state index contributed by atoms with van der Waals surface area (Å²) in [4.78, 5) is 46.8. The van der Waals surface area contributed by atoms with Crippen molar-refractivity contribution in [2.75, 3.05) is 32.7 Å². The molecular weight excluding hydrogens is 973 g/mol. The Balaban J connectivity index is 0.000000154. The van der Waals surface area contributed by atoms with E-state index in [0.29, 0.717) is 32.8 Å². The molecule has 12 aromatic rings. The summed E-state index contributed by atoms with van der Waals surface area (Å²) in [6.07, 6.45) is 12.8. The second-order valence-corrected chi connectivity index (χ2v) is 19.7. The molecule has 2 aromatic carbocycles. The lowest BCUT2D eigenvalue weighted by atomic mass is 10.3. The van der Waals surface area contributed by atoms with Gasteiger partial charge in [-0.25, -0.2) is 29.3 Å². The van der Waals surface area contributed by atoms with Crippen LogP contribution in [0.25, 0.3) is 43.8 Å². The number of pyridine rings is 2. The van der Waals surface area contributed by atoms with Crippen LogP contribution in [0.15, 0.2) is 165 Å². The molecule has 0 bridgehead atoms. The number of thiazole rings is 2. The first-order chi connectivity index (χ1) is 34.7. The lowest BCUT2D eigenvalue weighted by molar-refractivity contribution is 0.102. The lowest BCUT2D eigenvalue weighted by Crippen LogP contribution is -2.12. The Kier molecular flexibility index (Phi) is 12.0. The fourth-order valence-electron chi connectivity index (χ4n) is 7.35. The molecular formula is C49H38N16O2S4. The van der Waals surface area contributed by atoms with E-state index < -0.39 is 0 Å². The van der Waals surface area contributed by atoms with Gasteiger partial charge in [-0.1, -0.05) is 71.2 Å².